The summed E-state index contributed by atoms with van der Waals surface area (Å²) in [6.45, 7) is 7.08. The number of rotatable bonds is 66. The van der Waals surface area contributed by atoms with Crippen LogP contribution in [0.5, 0.6) is 0 Å². The van der Waals surface area contributed by atoms with Crippen molar-refractivity contribution in [2.45, 2.75) is 355 Å². The lowest BCUT2D eigenvalue weighted by Crippen LogP contribution is -2.30. The molecule has 0 aromatic rings. The Morgan fingerprint density at radius 3 is 0.800 bits per heavy atom. The Morgan fingerprint density at radius 2 is 0.541 bits per heavy atom. The monoisotopic (exact) mass is 1250 g/mol. The van der Waals surface area contributed by atoms with Gasteiger partial charge in [-0.15, -0.1) is 0 Å². The van der Waals surface area contributed by atoms with Crippen molar-refractivity contribution in [2.75, 3.05) is 39.6 Å². The number of ether oxygens (including phenoxy) is 4. The molecule has 19 heteroatoms. The molecule has 0 heterocycles. The van der Waals surface area contributed by atoms with Crippen LogP contribution in [0.25, 0.3) is 0 Å². The number of aliphatic hydroxyl groups is 1. The van der Waals surface area contributed by atoms with Gasteiger partial charge in [0, 0.05) is 25.7 Å². The van der Waals surface area contributed by atoms with E-state index in [1.54, 1.807) is 0 Å². The van der Waals surface area contributed by atoms with Crippen molar-refractivity contribution in [1.29, 1.82) is 0 Å². The quantitative estimate of drug-likeness (QED) is 0.0222. The molecule has 3 N–H and O–H groups in total. The fourth-order valence-corrected chi connectivity index (χ4v) is 11.5. The number of aliphatic hydroxyl groups excluding tert-OH is 1. The molecular formula is C66H128O17P2. The molecule has 0 fully saturated rings. The summed E-state index contributed by atoms with van der Waals surface area (Å²) in [7, 11) is -9.88. The lowest BCUT2D eigenvalue weighted by atomic mass is 10.0. The molecule has 0 amide bonds. The second-order valence-corrected chi connectivity index (χ2v) is 27.2. The van der Waals surface area contributed by atoms with E-state index in [0.717, 1.165) is 103 Å². The van der Waals surface area contributed by atoms with E-state index >= 15 is 0 Å². The molecule has 0 rings (SSSR count). The van der Waals surface area contributed by atoms with E-state index in [1.165, 1.54) is 148 Å². The van der Waals surface area contributed by atoms with E-state index in [0.29, 0.717) is 31.6 Å². The van der Waals surface area contributed by atoms with Crippen LogP contribution in [0.1, 0.15) is 336 Å². The number of phosphoric acid groups is 2. The summed E-state index contributed by atoms with van der Waals surface area (Å²) in [5.41, 5.74) is 0. The molecule has 85 heavy (non-hydrogen) atoms. The Morgan fingerprint density at radius 1 is 0.318 bits per heavy atom. The minimum absolute atomic E-state index is 0.102. The summed E-state index contributed by atoms with van der Waals surface area (Å²) in [5, 5.41) is 10.5. The first-order chi connectivity index (χ1) is 41.0. The van der Waals surface area contributed by atoms with Gasteiger partial charge in [0.05, 0.1) is 26.4 Å². The van der Waals surface area contributed by atoms with Crippen molar-refractivity contribution < 1.29 is 80.2 Å². The maximum absolute atomic E-state index is 13.0. The molecule has 0 radical (unpaired) electrons. The average Bonchev–Trinajstić information content (AvgIpc) is 3.56. The lowest BCUT2D eigenvalue weighted by molar-refractivity contribution is -0.161. The maximum Gasteiger partial charge on any atom is 0.472 e. The number of hydrogen-bond acceptors (Lipinski definition) is 15. The molecule has 5 atom stereocenters. The van der Waals surface area contributed by atoms with Crippen molar-refractivity contribution in [2.24, 2.45) is 5.92 Å². The van der Waals surface area contributed by atoms with Gasteiger partial charge < -0.3 is 33.8 Å². The average molecular weight is 1260 g/mol. The van der Waals surface area contributed by atoms with Crippen molar-refractivity contribution >= 4 is 39.5 Å². The van der Waals surface area contributed by atoms with Gasteiger partial charge in [-0.3, -0.25) is 37.3 Å². The van der Waals surface area contributed by atoms with Gasteiger partial charge in [-0.2, -0.15) is 0 Å². The summed E-state index contributed by atoms with van der Waals surface area (Å²) >= 11 is 0. The van der Waals surface area contributed by atoms with E-state index in [9.17, 15) is 43.2 Å². The Labute approximate surface area is 517 Å². The normalized spacial score (nSPS) is 14.2. The molecule has 0 spiro atoms. The van der Waals surface area contributed by atoms with Crippen LogP contribution in [0.2, 0.25) is 0 Å². The third-order valence-corrected chi connectivity index (χ3v) is 17.2. The zero-order valence-corrected chi connectivity index (χ0v) is 56.5. The highest BCUT2D eigenvalue weighted by atomic mass is 31.2. The summed E-state index contributed by atoms with van der Waals surface area (Å²) < 4.78 is 68.0. The van der Waals surface area contributed by atoms with Crippen LogP contribution in [0, 0.1) is 5.92 Å². The molecular weight excluding hydrogens is 1130 g/mol. The molecule has 0 bridgehead atoms. The predicted molar refractivity (Wildman–Crippen MR) is 340 cm³/mol. The Bertz CT molecular complexity index is 1650. The molecule has 0 saturated carbocycles. The number of carbonyl (C=O) groups is 4. The van der Waals surface area contributed by atoms with Crippen molar-refractivity contribution in [3.05, 3.63) is 0 Å². The molecule has 17 nitrogen and oxygen atoms in total. The predicted octanol–water partition coefficient (Wildman–Crippen LogP) is 18.6. The first-order valence-corrected chi connectivity index (χ1v) is 37.6. The molecule has 0 aliphatic rings. The fraction of sp³-hybridized carbons (Fsp3) is 0.939. The molecule has 0 aliphatic heterocycles. The van der Waals surface area contributed by atoms with Gasteiger partial charge in [-0.25, -0.2) is 9.13 Å². The van der Waals surface area contributed by atoms with Crippen LogP contribution in [-0.2, 0) is 65.4 Å². The van der Waals surface area contributed by atoms with Crippen molar-refractivity contribution in [3.8, 4) is 0 Å². The van der Waals surface area contributed by atoms with Crippen LogP contribution in [0.15, 0.2) is 0 Å². The zero-order valence-electron chi connectivity index (χ0n) is 54.7. The standard InChI is InChI=1S/C66H128O17P2/c1-6-9-12-15-18-20-22-24-25-26-27-28-30-32-35-41-46-51-65(70)82-61(56-77-64(69)50-45-40-34-31-29-23-21-19-16-13-10-7-2)57-80-84(72,73)78-53-60(67)54-79-85(74,75)81-58-62(55-76-63(68)49-44-39-33-17-14-11-8-3)83-66(71)52-47-42-37-36-38-43-48-59(4)5/h59-62,67H,6-58H2,1-5H3,(H,72,73)(H,74,75)/t60-,61-,62-/m1/s1. The molecule has 0 aliphatic carbocycles. The van der Waals surface area contributed by atoms with Crippen LogP contribution in [0.3, 0.4) is 0 Å². The maximum atomic E-state index is 13.0. The SMILES string of the molecule is CCCCCCCCCCCCCCCCCCCC(=O)O[C@H](COC(=O)CCCCCCCCCCCCCC)COP(=O)(O)OC[C@@H](O)COP(=O)(O)OC[C@@H](COC(=O)CCCCCCCCC)OC(=O)CCCCCCCCC(C)C. The van der Waals surface area contributed by atoms with Gasteiger partial charge in [0.1, 0.15) is 19.3 Å². The highest BCUT2D eigenvalue weighted by Crippen LogP contribution is 2.45. The number of unbranched alkanes of at least 4 members (excludes halogenated alkanes) is 38. The fourth-order valence-electron chi connectivity index (χ4n) is 9.94. The molecule has 504 valence electrons. The van der Waals surface area contributed by atoms with Gasteiger partial charge >= 0.3 is 39.5 Å². The van der Waals surface area contributed by atoms with E-state index in [4.69, 9.17) is 37.0 Å². The van der Waals surface area contributed by atoms with Gasteiger partial charge in [0.2, 0.25) is 0 Å². The summed E-state index contributed by atoms with van der Waals surface area (Å²) in [6.07, 6.45) is 44.7. The van der Waals surface area contributed by atoms with E-state index < -0.39 is 97.5 Å². The van der Waals surface area contributed by atoms with Crippen LogP contribution in [-0.4, -0.2) is 96.7 Å². The molecule has 0 aromatic heterocycles. The van der Waals surface area contributed by atoms with Gasteiger partial charge in [0.25, 0.3) is 0 Å². The third-order valence-electron chi connectivity index (χ3n) is 15.3. The van der Waals surface area contributed by atoms with E-state index in [2.05, 4.69) is 34.6 Å². The Kier molecular flexibility index (Phi) is 58.3. The summed E-state index contributed by atoms with van der Waals surface area (Å²) in [6, 6.07) is 0. The highest BCUT2D eigenvalue weighted by Gasteiger charge is 2.30. The van der Waals surface area contributed by atoms with Crippen molar-refractivity contribution in [1.82, 2.24) is 0 Å². The Balaban J connectivity index is 5.18. The lowest BCUT2D eigenvalue weighted by Gasteiger charge is -2.21. The van der Waals surface area contributed by atoms with Gasteiger partial charge in [0.15, 0.2) is 12.2 Å². The van der Waals surface area contributed by atoms with Crippen molar-refractivity contribution in [3.63, 3.8) is 0 Å². The minimum Gasteiger partial charge on any atom is -0.462 e. The zero-order chi connectivity index (χ0) is 62.8. The first kappa shape index (κ1) is 83.1. The Hall–Kier alpha value is -1.94. The van der Waals surface area contributed by atoms with Gasteiger partial charge in [-0.1, -0.05) is 285 Å². The molecule has 0 saturated heterocycles. The number of carbonyl (C=O) groups excluding carboxylic acids is 4. The summed E-state index contributed by atoms with van der Waals surface area (Å²) in [5.74, 6) is -1.47. The van der Waals surface area contributed by atoms with Crippen LogP contribution < -0.4 is 0 Å². The summed E-state index contributed by atoms with van der Waals surface area (Å²) in [4.78, 5) is 72.2. The van der Waals surface area contributed by atoms with Crippen LogP contribution in [0.4, 0.5) is 0 Å². The van der Waals surface area contributed by atoms with Gasteiger partial charge in [-0.05, 0) is 31.6 Å². The molecule has 0 aromatic carbocycles. The number of esters is 4. The minimum atomic E-state index is -4.95. The second-order valence-electron chi connectivity index (χ2n) is 24.3. The topological polar surface area (TPSA) is 237 Å². The largest absolute Gasteiger partial charge is 0.472 e. The molecule has 2 unspecified atom stereocenters. The first-order valence-electron chi connectivity index (χ1n) is 34.6. The third kappa shape index (κ3) is 60.7. The number of hydrogen-bond donors (Lipinski definition) is 3. The van der Waals surface area contributed by atoms with E-state index in [-0.39, 0.29) is 25.7 Å². The second kappa shape index (κ2) is 59.7. The number of phosphoric ester groups is 2. The smallest absolute Gasteiger partial charge is 0.462 e. The van der Waals surface area contributed by atoms with E-state index in [1.807, 2.05) is 0 Å². The van der Waals surface area contributed by atoms with Crippen LogP contribution >= 0.6 is 15.6 Å². The highest BCUT2D eigenvalue weighted by molar-refractivity contribution is 7.47.